The van der Waals surface area contributed by atoms with Crippen molar-refractivity contribution in [3.63, 3.8) is 0 Å². The molecule has 1 aliphatic carbocycles. The van der Waals surface area contributed by atoms with Crippen molar-refractivity contribution in [1.29, 1.82) is 0 Å². The molecule has 0 unspecified atom stereocenters. The van der Waals surface area contributed by atoms with Gasteiger partial charge in [-0.05, 0) is 48.8 Å². The molecule has 1 aromatic rings. The fourth-order valence-corrected chi connectivity index (χ4v) is 5.22. The third-order valence-corrected chi connectivity index (χ3v) is 6.84. The molecule has 3 nitrogen and oxygen atoms in total. The van der Waals surface area contributed by atoms with E-state index in [1.807, 2.05) is 11.8 Å². The van der Waals surface area contributed by atoms with Crippen LogP contribution >= 0.6 is 11.8 Å². The molecule has 2 bridgehead atoms. The van der Waals surface area contributed by atoms with Gasteiger partial charge in [0.05, 0.1) is 5.75 Å². The first-order chi connectivity index (χ1) is 11.8. The van der Waals surface area contributed by atoms with Crippen LogP contribution < -0.4 is 0 Å². The van der Waals surface area contributed by atoms with Crippen molar-refractivity contribution in [3.8, 4) is 0 Å². The summed E-state index contributed by atoms with van der Waals surface area (Å²) >= 11 is 1.85. The van der Waals surface area contributed by atoms with E-state index in [1.54, 1.807) is 0 Å². The Balaban J connectivity index is 1.34. The zero-order valence-electron chi connectivity index (χ0n) is 14.4. The van der Waals surface area contributed by atoms with Gasteiger partial charge in [0, 0.05) is 32.2 Å². The average Bonchev–Trinajstić information content (AvgIpc) is 3.43. The Morgan fingerprint density at radius 1 is 1.04 bits per heavy atom. The Labute approximate surface area is 149 Å². The van der Waals surface area contributed by atoms with E-state index in [4.69, 9.17) is 0 Å². The minimum atomic E-state index is 0.374. The second-order valence-corrected chi connectivity index (χ2v) is 8.80. The molecular formula is C20H28N2OS. The molecule has 24 heavy (non-hydrogen) atoms. The van der Waals surface area contributed by atoms with E-state index >= 15 is 0 Å². The molecule has 3 saturated heterocycles. The van der Waals surface area contributed by atoms with E-state index in [0.29, 0.717) is 23.6 Å². The first-order valence-electron chi connectivity index (χ1n) is 9.41. The lowest BCUT2D eigenvalue weighted by Gasteiger charge is -2.36. The Morgan fingerprint density at radius 2 is 1.88 bits per heavy atom. The third kappa shape index (κ3) is 4.15. The minimum absolute atomic E-state index is 0.374. The third-order valence-electron chi connectivity index (χ3n) is 5.68. The van der Waals surface area contributed by atoms with Crippen molar-refractivity contribution in [2.75, 3.05) is 31.1 Å². The summed E-state index contributed by atoms with van der Waals surface area (Å²) in [5.74, 6) is 3.81. The van der Waals surface area contributed by atoms with Crippen molar-refractivity contribution in [2.24, 2.45) is 11.8 Å². The Kier molecular flexibility index (Phi) is 5.14. The van der Waals surface area contributed by atoms with Crippen molar-refractivity contribution in [3.05, 3.63) is 35.9 Å². The summed E-state index contributed by atoms with van der Waals surface area (Å²) in [6.07, 6.45) is 5.29. The lowest BCUT2D eigenvalue weighted by Crippen LogP contribution is -2.44. The van der Waals surface area contributed by atoms with Crippen LogP contribution in [0.25, 0.3) is 0 Å². The van der Waals surface area contributed by atoms with E-state index in [2.05, 4.69) is 40.1 Å². The maximum absolute atomic E-state index is 12.6. The summed E-state index contributed by atoms with van der Waals surface area (Å²) in [6.45, 7) is 4.09. The first kappa shape index (κ1) is 16.5. The summed E-state index contributed by atoms with van der Waals surface area (Å²) in [4.78, 5) is 17.4. The van der Waals surface area contributed by atoms with Gasteiger partial charge >= 0.3 is 0 Å². The molecule has 0 spiro atoms. The van der Waals surface area contributed by atoms with Crippen LogP contribution in [0, 0.1) is 11.8 Å². The normalized spacial score (nSPS) is 27.2. The number of hydrogen-bond donors (Lipinski definition) is 0. The molecule has 2 atom stereocenters. The molecule has 1 aromatic carbocycles. The van der Waals surface area contributed by atoms with E-state index < -0.39 is 0 Å². The van der Waals surface area contributed by atoms with Gasteiger partial charge in [0.15, 0.2) is 0 Å². The fourth-order valence-electron chi connectivity index (χ4n) is 4.08. The molecule has 3 aliphatic heterocycles. The van der Waals surface area contributed by atoms with Crippen LogP contribution in [0.15, 0.2) is 30.3 Å². The monoisotopic (exact) mass is 344 g/mol. The molecule has 3 heterocycles. The van der Waals surface area contributed by atoms with Gasteiger partial charge in [-0.25, -0.2) is 0 Å². The summed E-state index contributed by atoms with van der Waals surface area (Å²) in [6, 6.07) is 11.3. The van der Waals surface area contributed by atoms with Gasteiger partial charge in [-0.3, -0.25) is 9.69 Å². The molecule has 0 aromatic heterocycles. The Bertz CT molecular complexity index is 560. The van der Waals surface area contributed by atoms with Crippen LogP contribution in [0.5, 0.6) is 0 Å². The van der Waals surface area contributed by atoms with Crippen molar-refractivity contribution < 1.29 is 4.79 Å². The number of piperidine rings is 1. The average molecular weight is 345 g/mol. The number of hydrogen-bond acceptors (Lipinski definition) is 3. The van der Waals surface area contributed by atoms with Crippen molar-refractivity contribution in [1.82, 2.24) is 9.80 Å². The summed E-state index contributed by atoms with van der Waals surface area (Å²) in [7, 11) is 0. The van der Waals surface area contributed by atoms with Crippen LogP contribution in [0.3, 0.4) is 0 Å². The lowest BCUT2D eigenvalue weighted by atomic mass is 9.94. The molecule has 4 aliphatic rings. The Hall–Kier alpha value is -1.00. The van der Waals surface area contributed by atoms with Crippen LogP contribution in [0.1, 0.15) is 31.2 Å². The maximum Gasteiger partial charge on any atom is 0.232 e. The number of nitrogens with zero attached hydrogens (tertiary/aromatic N) is 2. The molecule has 130 valence electrons. The second-order valence-electron chi connectivity index (χ2n) is 7.77. The van der Waals surface area contributed by atoms with Gasteiger partial charge in [0.2, 0.25) is 5.91 Å². The lowest BCUT2D eigenvalue weighted by molar-refractivity contribution is -0.128. The summed E-state index contributed by atoms with van der Waals surface area (Å²) in [5.41, 5.74) is 1.39. The number of fused-ring (bicyclic) bond motifs is 4. The number of thioether (sulfide) groups is 1. The quantitative estimate of drug-likeness (QED) is 0.791. The molecule has 1 amide bonds. The molecule has 1 saturated carbocycles. The predicted molar refractivity (Wildman–Crippen MR) is 100.0 cm³/mol. The number of carbonyl (C=O) groups excluding carboxylic acids is 1. The number of rotatable bonds is 6. The zero-order chi connectivity index (χ0) is 16.4. The highest BCUT2D eigenvalue weighted by molar-refractivity contribution is 7.99. The van der Waals surface area contributed by atoms with Gasteiger partial charge in [-0.15, -0.1) is 0 Å². The van der Waals surface area contributed by atoms with E-state index in [-0.39, 0.29) is 0 Å². The van der Waals surface area contributed by atoms with Crippen LogP contribution in [0.4, 0.5) is 0 Å². The van der Waals surface area contributed by atoms with E-state index in [1.165, 1.54) is 37.0 Å². The van der Waals surface area contributed by atoms with Gasteiger partial charge in [0.1, 0.15) is 0 Å². The molecular weight excluding hydrogens is 316 g/mol. The first-order valence-corrected chi connectivity index (χ1v) is 10.6. The van der Waals surface area contributed by atoms with E-state index in [9.17, 15) is 4.79 Å². The van der Waals surface area contributed by atoms with Crippen LogP contribution in [-0.2, 0) is 11.3 Å². The summed E-state index contributed by atoms with van der Waals surface area (Å²) in [5, 5.41) is 0. The number of amides is 1. The minimum Gasteiger partial charge on any atom is -0.340 e. The Morgan fingerprint density at radius 3 is 2.67 bits per heavy atom. The largest absolute Gasteiger partial charge is 0.340 e. The maximum atomic E-state index is 12.6. The SMILES string of the molecule is O=C(CSCC1CC1)N1C[C@@H]2CC[C@H](C1)N(Cc1ccccc1)C2. The standard InChI is InChI=1S/C20H28N2OS/c23-20(15-24-14-17-6-7-17)22-12-18-8-9-19(13-22)21(11-18)10-16-4-2-1-3-5-16/h1-5,17-19H,6-15H2/t18-,19-/m1/s1. The van der Waals surface area contributed by atoms with Gasteiger partial charge in [-0.1, -0.05) is 30.3 Å². The zero-order valence-corrected chi connectivity index (χ0v) is 15.2. The van der Waals surface area contributed by atoms with Crippen molar-refractivity contribution in [2.45, 2.75) is 38.3 Å². The number of benzene rings is 1. The van der Waals surface area contributed by atoms with E-state index in [0.717, 1.165) is 32.1 Å². The van der Waals surface area contributed by atoms with Gasteiger partial charge in [-0.2, -0.15) is 11.8 Å². The van der Waals surface area contributed by atoms with Crippen molar-refractivity contribution >= 4 is 17.7 Å². The number of carbonyl (C=O) groups is 1. The second kappa shape index (κ2) is 7.49. The van der Waals surface area contributed by atoms with Gasteiger partial charge in [0.25, 0.3) is 0 Å². The van der Waals surface area contributed by atoms with Crippen LogP contribution in [-0.4, -0.2) is 52.9 Å². The summed E-state index contributed by atoms with van der Waals surface area (Å²) < 4.78 is 0. The van der Waals surface area contributed by atoms with Gasteiger partial charge < -0.3 is 4.90 Å². The topological polar surface area (TPSA) is 23.6 Å². The molecule has 4 heteroatoms. The smallest absolute Gasteiger partial charge is 0.232 e. The van der Waals surface area contributed by atoms with Crippen LogP contribution in [0.2, 0.25) is 0 Å². The highest BCUT2D eigenvalue weighted by atomic mass is 32.2. The molecule has 0 N–H and O–H groups in total. The highest BCUT2D eigenvalue weighted by Crippen LogP contribution is 2.33. The highest BCUT2D eigenvalue weighted by Gasteiger charge is 2.36. The predicted octanol–water partition coefficient (Wildman–Crippen LogP) is 3.25. The molecule has 0 radical (unpaired) electrons. The molecule has 5 rings (SSSR count). The molecule has 4 fully saturated rings. The fraction of sp³-hybridized carbons (Fsp3) is 0.650.